The Kier molecular flexibility index (Phi) is 13.5. The van der Waals surface area contributed by atoms with E-state index in [0.29, 0.717) is 11.9 Å². The molecule has 17 aromatic carbocycles. The van der Waals surface area contributed by atoms with Crippen molar-refractivity contribution in [2.75, 3.05) is 0 Å². The molecule has 0 radical (unpaired) electrons. The van der Waals surface area contributed by atoms with Gasteiger partial charge in [0.15, 0.2) is 0 Å². The molecule has 0 aliphatic rings. The lowest BCUT2D eigenvalue weighted by Gasteiger charge is -2.13. The highest BCUT2D eigenvalue weighted by Crippen LogP contribution is 2.46. The standard InChI is InChI=1S/C54H33N5.C48H28N4S/c1-2-17-37(18-3-1)57-45-24-11-7-21-40(45)41-30-29-36(33-50(41)57)53-42-22-6-10-23-44(42)55-54(56-53)59-49-28-14-27-48(52(49)43-31-34-15-4-5-16-35(34)32-51(43)59)58-46-25-12-8-19-38(46)39-20-9-13-26-47(39)58;1-2-13-30-27-43-37(26-29(30)12-1)46-41(51-39-19-8-4-14-32(39)33-15-5-9-20-40(33)51)21-11-22-42(46)52(43)48-49-38-18-7-3-17-36(38)47(50-48)31-24-25-35-34-16-6-10-23-44(34)53-45(35)28-31/h1-33H;1-28H. The van der Waals surface area contributed by atoms with Crippen molar-refractivity contribution >= 4 is 184 Å². The highest BCUT2D eigenvalue weighted by Gasteiger charge is 2.27. The molecule has 25 aromatic rings. The normalized spacial score (nSPS) is 12.1. The number of para-hydroxylation sites is 8. The van der Waals surface area contributed by atoms with Gasteiger partial charge in [-0.25, -0.2) is 19.9 Å². The first-order chi connectivity index (χ1) is 55.6. The summed E-state index contributed by atoms with van der Waals surface area (Å²) >= 11 is 1.83. The lowest BCUT2D eigenvalue weighted by Crippen LogP contribution is -2.04. The Hall–Kier alpha value is -14.8. The fourth-order valence-corrected chi connectivity index (χ4v) is 19.4. The van der Waals surface area contributed by atoms with Crippen LogP contribution in [0.3, 0.4) is 0 Å². The minimum absolute atomic E-state index is 0.636. The van der Waals surface area contributed by atoms with Gasteiger partial charge < -0.3 is 13.7 Å². The lowest BCUT2D eigenvalue weighted by atomic mass is 10.0. The molecule has 10 heteroatoms. The average Bonchev–Trinajstić information content (AvgIpc) is 1.56. The van der Waals surface area contributed by atoms with E-state index >= 15 is 0 Å². The molecule has 0 spiro atoms. The van der Waals surface area contributed by atoms with E-state index in [-0.39, 0.29) is 0 Å². The van der Waals surface area contributed by atoms with Gasteiger partial charge in [0.25, 0.3) is 0 Å². The first-order valence-corrected chi connectivity index (χ1v) is 38.8. The van der Waals surface area contributed by atoms with Crippen LogP contribution in [0.4, 0.5) is 0 Å². The van der Waals surface area contributed by atoms with Crippen molar-refractivity contribution < 1.29 is 0 Å². The third kappa shape index (κ3) is 9.30. The van der Waals surface area contributed by atoms with Gasteiger partial charge in [-0.15, -0.1) is 11.3 Å². The zero-order valence-corrected chi connectivity index (χ0v) is 61.0. The molecule has 0 bridgehead atoms. The van der Waals surface area contributed by atoms with Crippen LogP contribution in [-0.2, 0) is 0 Å². The van der Waals surface area contributed by atoms with Gasteiger partial charge in [0.05, 0.1) is 89.0 Å². The van der Waals surface area contributed by atoms with E-state index in [2.05, 4.69) is 393 Å². The smallest absolute Gasteiger partial charge is 0.235 e. The van der Waals surface area contributed by atoms with Crippen LogP contribution >= 0.6 is 11.3 Å². The molecule has 0 aliphatic heterocycles. The summed E-state index contributed by atoms with van der Waals surface area (Å²) in [4.78, 5) is 21.8. The Morgan fingerprint density at radius 2 is 0.545 bits per heavy atom. The maximum absolute atomic E-state index is 5.59. The Labute approximate surface area is 643 Å². The summed E-state index contributed by atoms with van der Waals surface area (Å²) in [6.07, 6.45) is 0. The lowest BCUT2D eigenvalue weighted by molar-refractivity contribution is 1.01. The van der Waals surface area contributed by atoms with Crippen LogP contribution in [0, 0.1) is 0 Å². The summed E-state index contributed by atoms with van der Waals surface area (Å²) in [5.74, 6) is 1.29. The van der Waals surface area contributed by atoms with Crippen molar-refractivity contribution in [2.45, 2.75) is 0 Å². The summed E-state index contributed by atoms with van der Waals surface area (Å²) < 4.78 is 14.3. The van der Waals surface area contributed by atoms with E-state index in [1.165, 1.54) is 112 Å². The Balaban J connectivity index is 0.000000131. The minimum Gasteiger partial charge on any atom is -0.309 e. The Morgan fingerprint density at radius 3 is 1.03 bits per heavy atom. The molecule has 9 nitrogen and oxygen atoms in total. The van der Waals surface area contributed by atoms with Crippen molar-refractivity contribution in [3.63, 3.8) is 0 Å². The molecule has 520 valence electrons. The minimum atomic E-state index is 0.636. The second kappa shape index (κ2) is 24.3. The van der Waals surface area contributed by atoms with E-state index in [4.69, 9.17) is 19.9 Å². The first-order valence-electron chi connectivity index (χ1n) is 38.0. The third-order valence-corrected chi connectivity index (χ3v) is 24.2. The molecule has 0 fully saturated rings. The molecule has 0 saturated carbocycles. The van der Waals surface area contributed by atoms with Gasteiger partial charge in [0, 0.05) is 102 Å². The van der Waals surface area contributed by atoms with Crippen LogP contribution < -0.4 is 0 Å². The summed E-state index contributed by atoms with van der Waals surface area (Å²) in [5, 5.41) is 21.4. The molecule has 112 heavy (non-hydrogen) atoms. The summed E-state index contributed by atoms with van der Waals surface area (Å²) in [7, 11) is 0. The molecule has 0 saturated heterocycles. The number of hydrogen-bond donors (Lipinski definition) is 0. The van der Waals surface area contributed by atoms with Gasteiger partial charge in [-0.05, 0) is 143 Å². The van der Waals surface area contributed by atoms with E-state index in [9.17, 15) is 0 Å². The summed E-state index contributed by atoms with van der Waals surface area (Å²) in [6, 6.07) is 133. The quantitative estimate of drug-likeness (QED) is 0.159. The zero-order chi connectivity index (χ0) is 73.2. The second-order valence-corrected chi connectivity index (χ2v) is 30.3. The van der Waals surface area contributed by atoms with Crippen molar-refractivity contribution in [3.05, 3.63) is 370 Å². The van der Waals surface area contributed by atoms with Gasteiger partial charge in [-0.1, -0.05) is 249 Å². The van der Waals surface area contributed by atoms with E-state index < -0.39 is 0 Å². The zero-order valence-electron chi connectivity index (χ0n) is 60.2. The van der Waals surface area contributed by atoms with E-state index in [1.807, 2.05) is 11.3 Å². The number of fused-ring (bicyclic) bond motifs is 22. The maximum Gasteiger partial charge on any atom is 0.235 e. The van der Waals surface area contributed by atoms with Crippen LogP contribution in [-0.4, -0.2) is 42.8 Å². The Morgan fingerprint density at radius 1 is 0.196 bits per heavy atom. The van der Waals surface area contributed by atoms with Crippen molar-refractivity contribution in [1.82, 2.24) is 42.8 Å². The summed E-state index contributed by atoms with van der Waals surface area (Å²) in [5.41, 5.74) is 20.4. The fourth-order valence-electron chi connectivity index (χ4n) is 18.3. The average molecular weight is 1440 g/mol. The van der Waals surface area contributed by atoms with Crippen molar-refractivity contribution in [2.24, 2.45) is 0 Å². The molecule has 0 amide bonds. The van der Waals surface area contributed by atoms with Crippen molar-refractivity contribution in [3.8, 4) is 51.5 Å². The SMILES string of the molecule is c1ccc(-n2c3ccccc3c3ccc(-c4nc(-n5c6cc7ccccc7cc6c6c(-n7c8ccccc8c8ccccc87)cccc65)nc5ccccc45)cc32)cc1.c1ccc2cc3c(cc2c1)c1c(-n2c4ccccc4c4ccccc42)cccc1n3-c1nc(-c2ccc3c(c2)sc2ccccc23)c2ccccc2n1. The monoisotopic (exact) mass is 1440 g/mol. The molecule has 0 aliphatic carbocycles. The third-order valence-electron chi connectivity index (χ3n) is 23.1. The number of nitrogens with zero attached hydrogens (tertiary/aromatic N) is 9. The molecular formula is C102H61N9S. The van der Waals surface area contributed by atoms with E-state index in [1.54, 1.807) is 0 Å². The Bertz CT molecular complexity index is 8190. The van der Waals surface area contributed by atoms with Crippen LogP contribution in [0.15, 0.2) is 370 Å². The predicted octanol–water partition coefficient (Wildman–Crippen LogP) is 26.8. The van der Waals surface area contributed by atoms with Gasteiger partial charge in [-0.3, -0.25) is 9.13 Å². The van der Waals surface area contributed by atoms with E-state index in [0.717, 1.165) is 99.7 Å². The molecule has 8 aromatic heterocycles. The topological polar surface area (TPSA) is 76.2 Å². The maximum atomic E-state index is 5.59. The molecular weight excluding hydrogens is 1380 g/mol. The largest absolute Gasteiger partial charge is 0.309 e. The number of aromatic nitrogens is 9. The van der Waals surface area contributed by atoms with Crippen LogP contribution in [0.2, 0.25) is 0 Å². The number of hydrogen-bond acceptors (Lipinski definition) is 5. The fraction of sp³-hybridized carbons (Fsp3) is 0. The molecule has 0 atom stereocenters. The first kappa shape index (κ1) is 62.2. The van der Waals surface area contributed by atoms with Crippen LogP contribution in [0.25, 0.3) is 224 Å². The molecule has 25 rings (SSSR count). The molecule has 8 heterocycles. The molecule has 0 N–H and O–H groups in total. The summed E-state index contributed by atoms with van der Waals surface area (Å²) in [6.45, 7) is 0. The van der Waals surface area contributed by atoms with Crippen LogP contribution in [0.5, 0.6) is 0 Å². The predicted molar refractivity (Wildman–Crippen MR) is 470 cm³/mol. The number of rotatable bonds is 7. The highest BCUT2D eigenvalue weighted by molar-refractivity contribution is 7.25. The van der Waals surface area contributed by atoms with Gasteiger partial charge in [-0.2, -0.15) is 0 Å². The molecule has 0 unspecified atom stereocenters. The van der Waals surface area contributed by atoms with Crippen LogP contribution in [0.1, 0.15) is 0 Å². The number of thiophene rings is 1. The van der Waals surface area contributed by atoms with Gasteiger partial charge in [0.1, 0.15) is 0 Å². The van der Waals surface area contributed by atoms with Gasteiger partial charge >= 0.3 is 0 Å². The number of benzene rings is 17. The van der Waals surface area contributed by atoms with Crippen molar-refractivity contribution in [1.29, 1.82) is 0 Å². The van der Waals surface area contributed by atoms with Gasteiger partial charge in [0.2, 0.25) is 11.9 Å². The second-order valence-electron chi connectivity index (χ2n) is 29.2. The highest BCUT2D eigenvalue weighted by atomic mass is 32.1.